The van der Waals surface area contributed by atoms with E-state index in [0.717, 1.165) is 15.9 Å². The summed E-state index contributed by atoms with van der Waals surface area (Å²) >= 11 is 9.27. The van der Waals surface area contributed by atoms with Crippen molar-refractivity contribution in [2.75, 3.05) is 0 Å². The molecule has 0 unspecified atom stereocenters. The molecule has 0 aliphatic rings. The van der Waals surface area contributed by atoms with Crippen molar-refractivity contribution in [1.82, 2.24) is 0 Å². The summed E-state index contributed by atoms with van der Waals surface area (Å²) in [5.41, 5.74) is 3.64. The van der Waals surface area contributed by atoms with Crippen LogP contribution in [0.2, 0.25) is 5.02 Å². The molecule has 0 aromatic heterocycles. The van der Waals surface area contributed by atoms with Gasteiger partial charge in [0, 0.05) is 10.4 Å². The number of rotatable bonds is 3. The zero-order valence-electron chi connectivity index (χ0n) is 9.24. The maximum Gasteiger partial charge on any atom is 0.0406 e. The number of halogens is 2. The molecule has 0 nitrogen and oxygen atoms in total. The Bertz CT molecular complexity index is 497. The van der Waals surface area contributed by atoms with Crippen LogP contribution < -0.4 is 0 Å². The molecule has 2 aromatic carbocycles. The summed E-state index contributed by atoms with van der Waals surface area (Å²) in [5.74, 6) is 0. The monoisotopic (exact) mass is 306 g/mol. The maximum atomic E-state index is 5.83. The molecule has 0 aliphatic carbocycles. The summed E-state index contributed by atoms with van der Waals surface area (Å²) in [6.07, 6.45) is 4.18. The topological polar surface area (TPSA) is 0 Å². The molecule has 0 atom stereocenters. The normalized spacial score (nSPS) is 10.9. The molecule has 0 saturated heterocycles. The first-order valence-corrected chi connectivity index (χ1v) is 6.86. The van der Waals surface area contributed by atoms with Crippen molar-refractivity contribution in [2.45, 2.75) is 5.33 Å². The van der Waals surface area contributed by atoms with Crippen molar-refractivity contribution in [3.8, 4) is 0 Å². The van der Waals surface area contributed by atoms with Gasteiger partial charge in [0.1, 0.15) is 0 Å². The summed E-state index contributed by atoms with van der Waals surface area (Å²) in [5, 5.41) is 1.66. The van der Waals surface area contributed by atoms with Crippen LogP contribution in [0.25, 0.3) is 12.2 Å². The van der Waals surface area contributed by atoms with E-state index in [9.17, 15) is 0 Å². The van der Waals surface area contributed by atoms with Crippen molar-refractivity contribution in [2.24, 2.45) is 0 Å². The van der Waals surface area contributed by atoms with Gasteiger partial charge in [-0.15, -0.1) is 0 Å². The molecule has 0 bridgehead atoms. The number of hydrogen-bond acceptors (Lipinski definition) is 0. The van der Waals surface area contributed by atoms with Gasteiger partial charge < -0.3 is 0 Å². The van der Waals surface area contributed by atoms with Gasteiger partial charge in [-0.1, -0.05) is 76.1 Å². The fourth-order valence-corrected chi connectivity index (χ4v) is 1.98. The minimum absolute atomic E-state index is 0.767. The van der Waals surface area contributed by atoms with Crippen LogP contribution in [-0.4, -0.2) is 0 Å². The van der Waals surface area contributed by atoms with Crippen molar-refractivity contribution in [3.05, 3.63) is 70.2 Å². The van der Waals surface area contributed by atoms with Gasteiger partial charge in [-0.3, -0.25) is 0 Å². The van der Waals surface area contributed by atoms with Crippen LogP contribution in [0.4, 0.5) is 0 Å². The average molecular weight is 308 g/mol. The van der Waals surface area contributed by atoms with Crippen LogP contribution in [0.5, 0.6) is 0 Å². The Morgan fingerprint density at radius 3 is 1.76 bits per heavy atom. The van der Waals surface area contributed by atoms with Gasteiger partial charge in [0.25, 0.3) is 0 Å². The predicted molar refractivity (Wildman–Crippen MR) is 79.5 cm³/mol. The van der Waals surface area contributed by atoms with E-state index in [-0.39, 0.29) is 0 Å². The van der Waals surface area contributed by atoms with Gasteiger partial charge in [0.2, 0.25) is 0 Å². The third-order valence-corrected chi connectivity index (χ3v) is 3.37. The predicted octanol–water partition coefficient (Wildman–Crippen LogP) is 5.41. The Labute approximate surface area is 115 Å². The highest BCUT2D eigenvalue weighted by Crippen LogP contribution is 2.13. The third kappa shape index (κ3) is 3.72. The smallest absolute Gasteiger partial charge is 0.0406 e. The molecular weight excluding hydrogens is 296 g/mol. The van der Waals surface area contributed by atoms with Crippen LogP contribution >= 0.6 is 27.5 Å². The van der Waals surface area contributed by atoms with E-state index in [1.165, 1.54) is 11.1 Å². The minimum atomic E-state index is 0.767. The van der Waals surface area contributed by atoms with Gasteiger partial charge in [-0.25, -0.2) is 0 Å². The van der Waals surface area contributed by atoms with Crippen LogP contribution in [0.15, 0.2) is 48.5 Å². The summed E-state index contributed by atoms with van der Waals surface area (Å²) < 4.78 is 0. The molecule has 17 heavy (non-hydrogen) atoms. The Kier molecular flexibility index (Phi) is 4.41. The average Bonchev–Trinajstić information content (AvgIpc) is 2.39. The largest absolute Gasteiger partial charge is 0.0876 e. The molecule has 0 heterocycles. The van der Waals surface area contributed by atoms with E-state index in [1.807, 2.05) is 24.3 Å². The van der Waals surface area contributed by atoms with Crippen LogP contribution in [0.1, 0.15) is 16.7 Å². The highest BCUT2D eigenvalue weighted by atomic mass is 79.9. The van der Waals surface area contributed by atoms with E-state index in [1.54, 1.807) is 0 Å². The highest BCUT2D eigenvalue weighted by molar-refractivity contribution is 9.08. The first kappa shape index (κ1) is 12.4. The molecule has 0 fully saturated rings. The molecule has 0 saturated carbocycles. The van der Waals surface area contributed by atoms with Gasteiger partial charge >= 0.3 is 0 Å². The van der Waals surface area contributed by atoms with Crippen molar-refractivity contribution in [3.63, 3.8) is 0 Å². The second-order valence-corrected chi connectivity index (χ2v) is 4.76. The Balaban J connectivity index is 2.11. The summed E-state index contributed by atoms with van der Waals surface area (Å²) in [7, 11) is 0. The third-order valence-electron chi connectivity index (χ3n) is 2.47. The van der Waals surface area contributed by atoms with E-state index < -0.39 is 0 Å². The fraction of sp³-hybridized carbons (Fsp3) is 0.0667. The molecule has 0 amide bonds. The Morgan fingerprint density at radius 2 is 1.29 bits per heavy atom. The molecule has 0 spiro atoms. The van der Waals surface area contributed by atoms with E-state index >= 15 is 0 Å². The summed E-state index contributed by atoms with van der Waals surface area (Å²) in [6.45, 7) is 0. The number of benzene rings is 2. The van der Waals surface area contributed by atoms with Gasteiger partial charge in [0.05, 0.1) is 0 Å². The quantitative estimate of drug-likeness (QED) is 0.526. The van der Waals surface area contributed by atoms with Crippen molar-refractivity contribution >= 4 is 39.7 Å². The van der Waals surface area contributed by atoms with E-state index in [2.05, 4.69) is 52.3 Å². The van der Waals surface area contributed by atoms with Crippen molar-refractivity contribution in [1.29, 1.82) is 0 Å². The zero-order chi connectivity index (χ0) is 12.1. The molecule has 0 radical (unpaired) electrons. The maximum absolute atomic E-state index is 5.83. The van der Waals surface area contributed by atoms with Crippen molar-refractivity contribution < 1.29 is 0 Å². The molecule has 2 rings (SSSR count). The van der Waals surface area contributed by atoms with Crippen LogP contribution in [0.3, 0.4) is 0 Å². The summed E-state index contributed by atoms with van der Waals surface area (Å²) in [4.78, 5) is 0. The van der Waals surface area contributed by atoms with Crippen LogP contribution in [-0.2, 0) is 5.33 Å². The second-order valence-electron chi connectivity index (χ2n) is 3.76. The molecule has 2 aromatic rings. The van der Waals surface area contributed by atoms with Gasteiger partial charge in [-0.2, -0.15) is 0 Å². The number of hydrogen-bond donors (Lipinski definition) is 0. The summed E-state index contributed by atoms with van der Waals surface area (Å²) in [6, 6.07) is 16.3. The molecule has 2 heteroatoms. The van der Waals surface area contributed by atoms with Gasteiger partial charge in [-0.05, 0) is 28.8 Å². The lowest BCUT2D eigenvalue weighted by molar-refractivity contribution is 1.43. The Hall–Kier alpha value is -1.05. The SMILES string of the molecule is Clc1ccc(C=Cc2ccc(CBr)cc2)cc1. The lowest BCUT2D eigenvalue weighted by atomic mass is 10.1. The molecule has 0 aliphatic heterocycles. The Morgan fingerprint density at radius 1 is 0.824 bits per heavy atom. The van der Waals surface area contributed by atoms with Crippen LogP contribution in [0, 0.1) is 0 Å². The van der Waals surface area contributed by atoms with E-state index in [4.69, 9.17) is 11.6 Å². The zero-order valence-corrected chi connectivity index (χ0v) is 11.6. The first-order valence-electron chi connectivity index (χ1n) is 5.36. The number of alkyl halides is 1. The minimum Gasteiger partial charge on any atom is -0.0876 e. The first-order chi connectivity index (χ1) is 8.28. The molecule has 0 N–H and O–H groups in total. The lowest BCUT2D eigenvalue weighted by Gasteiger charge is -1.97. The molecular formula is C15H12BrCl. The molecule has 86 valence electrons. The fourth-order valence-electron chi connectivity index (χ4n) is 1.48. The van der Waals surface area contributed by atoms with Gasteiger partial charge in [0.15, 0.2) is 0 Å². The standard InChI is InChI=1S/C15H12BrCl/c16-11-14-5-3-12(4-6-14)1-2-13-7-9-15(17)10-8-13/h1-10H,11H2. The van der Waals surface area contributed by atoms with E-state index in [0.29, 0.717) is 0 Å². The highest BCUT2D eigenvalue weighted by Gasteiger charge is 1.91. The second kappa shape index (κ2) is 6.04. The lowest BCUT2D eigenvalue weighted by Crippen LogP contribution is -1.77.